The molecule has 0 saturated carbocycles. The average molecular weight is 629 g/mol. The molecule has 0 amide bonds. The van der Waals surface area contributed by atoms with Gasteiger partial charge in [0.2, 0.25) is 0 Å². The predicted molar refractivity (Wildman–Crippen MR) is 208 cm³/mol. The third-order valence-corrected chi connectivity index (χ3v) is 9.38. The maximum atomic E-state index is 6.35. The first-order valence-electron chi connectivity index (χ1n) is 16.5. The molecule has 0 atom stereocenters. The van der Waals surface area contributed by atoms with Gasteiger partial charge in [0.25, 0.3) is 0 Å². The van der Waals surface area contributed by atoms with Gasteiger partial charge < -0.3 is 14.3 Å². The lowest BCUT2D eigenvalue weighted by atomic mass is 9.98. The second-order valence-electron chi connectivity index (χ2n) is 12.4. The van der Waals surface area contributed by atoms with Gasteiger partial charge in [0.15, 0.2) is 0 Å². The smallest absolute Gasteiger partial charge is 0.137 e. The minimum atomic E-state index is 0.885. The van der Waals surface area contributed by atoms with E-state index in [9.17, 15) is 0 Å². The summed E-state index contributed by atoms with van der Waals surface area (Å²) >= 11 is 0. The van der Waals surface area contributed by atoms with Crippen LogP contribution in [0.2, 0.25) is 0 Å². The SMILES string of the molecule is C=C(/C=C(\C=C/Nc1cccc2ccccc12)c1ccc2c(c1)c1cc3c(cc1n2-c1ccccc1)oc1ccccc13)c1ccccc1. The van der Waals surface area contributed by atoms with Crippen LogP contribution in [0.15, 0.2) is 187 Å². The number of aromatic nitrogens is 1. The van der Waals surface area contributed by atoms with Crippen LogP contribution in [0.3, 0.4) is 0 Å². The van der Waals surface area contributed by atoms with E-state index in [0.717, 1.165) is 66.6 Å². The molecule has 0 radical (unpaired) electrons. The largest absolute Gasteiger partial charge is 0.456 e. The van der Waals surface area contributed by atoms with Crippen LogP contribution in [-0.4, -0.2) is 4.57 Å². The van der Waals surface area contributed by atoms with Crippen molar-refractivity contribution in [1.82, 2.24) is 4.57 Å². The third-order valence-electron chi connectivity index (χ3n) is 9.38. The van der Waals surface area contributed by atoms with Gasteiger partial charge in [-0.25, -0.2) is 0 Å². The van der Waals surface area contributed by atoms with E-state index in [0.29, 0.717) is 0 Å². The fourth-order valence-corrected chi connectivity index (χ4v) is 7.00. The molecule has 0 fully saturated rings. The Morgan fingerprint density at radius 1 is 0.551 bits per heavy atom. The van der Waals surface area contributed by atoms with Crippen LogP contribution in [0.25, 0.3) is 71.4 Å². The van der Waals surface area contributed by atoms with Crippen molar-refractivity contribution in [1.29, 1.82) is 0 Å². The summed E-state index contributed by atoms with van der Waals surface area (Å²) in [6.45, 7) is 4.47. The summed E-state index contributed by atoms with van der Waals surface area (Å²) < 4.78 is 8.69. The number of rotatable bonds is 7. The number of furan rings is 1. The van der Waals surface area contributed by atoms with Gasteiger partial charge in [0.05, 0.1) is 11.0 Å². The Bertz CT molecular complexity index is 2740. The van der Waals surface area contributed by atoms with E-state index in [1.165, 1.54) is 21.5 Å². The Kier molecular flexibility index (Phi) is 6.95. The van der Waals surface area contributed by atoms with Crippen molar-refractivity contribution in [3.8, 4) is 5.69 Å². The summed E-state index contributed by atoms with van der Waals surface area (Å²) in [6.07, 6.45) is 6.36. The molecular formula is C46H32N2O. The molecule has 3 heteroatoms. The van der Waals surface area contributed by atoms with Crippen molar-refractivity contribution in [2.24, 2.45) is 0 Å². The van der Waals surface area contributed by atoms with Crippen LogP contribution in [-0.2, 0) is 0 Å². The number of nitrogens with one attached hydrogen (secondary N) is 1. The molecule has 9 aromatic rings. The highest BCUT2D eigenvalue weighted by Gasteiger charge is 2.17. The zero-order valence-electron chi connectivity index (χ0n) is 26.8. The Labute approximate surface area is 284 Å². The number of hydrogen-bond acceptors (Lipinski definition) is 2. The van der Waals surface area contributed by atoms with E-state index in [2.05, 4.69) is 168 Å². The van der Waals surface area contributed by atoms with E-state index in [1.54, 1.807) is 0 Å². The fraction of sp³-hybridized carbons (Fsp3) is 0. The summed E-state index contributed by atoms with van der Waals surface area (Å²) in [4.78, 5) is 0. The van der Waals surface area contributed by atoms with Crippen LogP contribution >= 0.6 is 0 Å². The molecule has 0 aliphatic rings. The number of hydrogen-bond donors (Lipinski definition) is 1. The van der Waals surface area contributed by atoms with Crippen LogP contribution < -0.4 is 5.32 Å². The summed E-state index contributed by atoms with van der Waals surface area (Å²) in [7, 11) is 0. The molecule has 0 bridgehead atoms. The number of anilines is 1. The standard InChI is InChI=1S/C46H32N2O/c1-31(32-13-4-2-5-14-32)27-35(25-26-47-42-21-12-16-33-15-8-9-19-37(33)42)34-23-24-43-39(28-34)40-29-41-38-20-10-11-22-45(38)49-46(41)30-44(40)48(43)36-17-6-3-7-18-36/h2-30,47H,1H2/b26-25-,35-27+. The number of allylic oxidation sites excluding steroid dienone is 4. The number of para-hydroxylation sites is 2. The number of nitrogens with zero attached hydrogens (tertiary/aromatic N) is 1. The van der Waals surface area contributed by atoms with Gasteiger partial charge in [-0.05, 0) is 82.3 Å². The van der Waals surface area contributed by atoms with Crippen molar-refractivity contribution < 1.29 is 4.42 Å². The molecule has 49 heavy (non-hydrogen) atoms. The molecule has 0 spiro atoms. The van der Waals surface area contributed by atoms with Crippen molar-refractivity contribution in [2.45, 2.75) is 0 Å². The predicted octanol–water partition coefficient (Wildman–Crippen LogP) is 12.6. The van der Waals surface area contributed by atoms with E-state index >= 15 is 0 Å². The quantitative estimate of drug-likeness (QED) is 0.178. The van der Waals surface area contributed by atoms with Gasteiger partial charge in [-0.15, -0.1) is 0 Å². The summed E-state index contributed by atoms with van der Waals surface area (Å²) in [5, 5.41) is 10.5. The summed E-state index contributed by atoms with van der Waals surface area (Å²) in [6, 6.07) is 55.2. The lowest BCUT2D eigenvalue weighted by molar-refractivity contribution is 0.669. The molecule has 0 aliphatic carbocycles. The molecular weight excluding hydrogens is 597 g/mol. The lowest BCUT2D eigenvalue weighted by Crippen LogP contribution is -1.93. The second-order valence-corrected chi connectivity index (χ2v) is 12.4. The number of benzene rings is 7. The lowest BCUT2D eigenvalue weighted by Gasteiger charge is -2.10. The molecule has 9 rings (SSSR count). The van der Waals surface area contributed by atoms with E-state index in [1.807, 2.05) is 24.4 Å². The molecule has 232 valence electrons. The highest BCUT2D eigenvalue weighted by Crippen LogP contribution is 2.39. The molecule has 2 aromatic heterocycles. The molecule has 0 saturated heterocycles. The zero-order chi connectivity index (χ0) is 32.7. The van der Waals surface area contributed by atoms with E-state index < -0.39 is 0 Å². The van der Waals surface area contributed by atoms with E-state index in [-0.39, 0.29) is 0 Å². The van der Waals surface area contributed by atoms with Gasteiger partial charge in [-0.1, -0.05) is 116 Å². The number of fused-ring (bicyclic) bond motifs is 7. The van der Waals surface area contributed by atoms with Crippen molar-refractivity contribution >= 4 is 71.4 Å². The first-order chi connectivity index (χ1) is 24.2. The van der Waals surface area contributed by atoms with Crippen molar-refractivity contribution in [2.75, 3.05) is 5.32 Å². The zero-order valence-corrected chi connectivity index (χ0v) is 26.8. The second kappa shape index (κ2) is 11.9. The molecule has 3 nitrogen and oxygen atoms in total. The molecule has 2 heterocycles. The van der Waals surface area contributed by atoms with Crippen LogP contribution in [0.4, 0.5) is 5.69 Å². The van der Waals surface area contributed by atoms with Crippen molar-refractivity contribution in [3.63, 3.8) is 0 Å². The fourth-order valence-electron chi connectivity index (χ4n) is 7.00. The van der Waals surface area contributed by atoms with Crippen LogP contribution in [0.1, 0.15) is 11.1 Å². The van der Waals surface area contributed by atoms with Gasteiger partial charge >= 0.3 is 0 Å². The minimum absolute atomic E-state index is 0.885. The monoisotopic (exact) mass is 628 g/mol. The first-order valence-corrected chi connectivity index (χ1v) is 16.5. The topological polar surface area (TPSA) is 30.1 Å². The highest BCUT2D eigenvalue weighted by atomic mass is 16.3. The van der Waals surface area contributed by atoms with Crippen molar-refractivity contribution in [3.05, 3.63) is 194 Å². The molecule has 7 aromatic carbocycles. The minimum Gasteiger partial charge on any atom is -0.456 e. The van der Waals surface area contributed by atoms with Crippen LogP contribution in [0, 0.1) is 0 Å². The van der Waals surface area contributed by atoms with E-state index in [4.69, 9.17) is 4.42 Å². The molecule has 0 aliphatic heterocycles. The highest BCUT2D eigenvalue weighted by molar-refractivity contribution is 6.17. The third kappa shape index (κ3) is 5.09. The van der Waals surface area contributed by atoms with Gasteiger partial charge in [-0.3, -0.25) is 0 Å². The van der Waals surface area contributed by atoms with Crippen LogP contribution in [0.5, 0.6) is 0 Å². The summed E-state index contributed by atoms with van der Waals surface area (Å²) in [5.41, 5.74) is 10.4. The molecule has 0 unspecified atom stereocenters. The average Bonchev–Trinajstić information content (AvgIpc) is 3.68. The molecule has 1 N–H and O–H groups in total. The Morgan fingerprint density at radius 3 is 2.12 bits per heavy atom. The summed E-state index contributed by atoms with van der Waals surface area (Å²) in [5.74, 6) is 0. The normalized spacial score (nSPS) is 12.2. The Hall–Kier alpha value is -6.58. The van der Waals surface area contributed by atoms with Gasteiger partial charge in [0, 0.05) is 50.6 Å². The Morgan fingerprint density at radius 2 is 1.27 bits per heavy atom. The first kappa shape index (κ1) is 28.6. The Balaban J connectivity index is 1.23. The van der Waals surface area contributed by atoms with Gasteiger partial charge in [-0.2, -0.15) is 0 Å². The maximum Gasteiger partial charge on any atom is 0.137 e. The van der Waals surface area contributed by atoms with Gasteiger partial charge in [0.1, 0.15) is 11.2 Å². The maximum absolute atomic E-state index is 6.35.